The number of benzene rings is 1. The second kappa shape index (κ2) is 9.80. The van der Waals surface area contributed by atoms with Gasteiger partial charge in [0.15, 0.2) is 0 Å². The maximum absolute atomic E-state index is 11.9. The van der Waals surface area contributed by atoms with E-state index in [9.17, 15) is 9.59 Å². The van der Waals surface area contributed by atoms with Crippen LogP contribution < -0.4 is 16.0 Å². The average Bonchev–Trinajstić information content (AvgIpc) is 2.98. The van der Waals surface area contributed by atoms with E-state index in [4.69, 9.17) is 0 Å². The van der Waals surface area contributed by atoms with Crippen molar-refractivity contribution in [3.63, 3.8) is 0 Å². The Morgan fingerprint density at radius 1 is 1.39 bits per heavy atom. The van der Waals surface area contributed by atoms with Crippen molar-refractivity contribution >= 4 is 41.7 Å². The van der Waals surface area contributed by atoms with E-state index in [2.05, 4.69) is 16.0 Å². The zero-order valence-corrected chi connectivity index (χ0v) is 15.1. The van der Waals surface area contributed by atoms with Crippen LogP contribution in [0.1, 0.15) is 25.8 Å². The van der Waals surface area contributed by atoms with Crippen molar-refractivity contribution in [1.29, 1.82) is 0 Å². The molecule has 1 heterocycles. The minimum atomic E-state index is -0.0982. The van der Waals surface area contributed by atoms with E-state index in [0.29, 0.717) is 18.9 Å². The molecule has 1 saturated heterocycles. The lowest BCUT2D eigenvalue weighted by atomic mass is 10.1. The number of hydrogen-bond acceptors (Lipinski definition) is 4. The van der Waals surface area contributed by atoms with Gasteiger partial charge in [-0.25, -0.2) is 0 Å². The van der Waals surface area contributed by atoms with Crippen molar-refractivity contribution in [2.24, 2.45) is 5.92 Å². The lowest BCUT2D eigenvalue weighted by Crippen LogP contribution is -2.41. The molecule has 1 aliphatic heterocycles. The fraction of sp³-hybridized carbons (Fsp3) is 0.500. The fourth-order valence-corrected chi connectivity index (χ4v) is 3.16. The third kappa shape index (κ3) is 6.81. The quantitative estimate of drug-likeness (QED) is 0.731. The Hall–Kier alpha value is -1.24. The van der Waals surface area contributed by atoms with Crippen LogP contribution in [0.25, 0.3) is 0 Å². The molecule has 1 aliphatic rings. The molecule has 0 saturated carbocycles. The van der Waals surface area contributed by atoms with Gasteiger partial charge in [-0.05, 0) is 23.6 Å². The number of anilines is 1. The van der Waals surface area contributed by atoms with Gasteiger partial charge in [-0.15, -0.1) is 24.2 Å². The van der Waals surface area contributed by atoms with Crippen molar-refractivity contribution in [3.8, 4) is 0 Å². The Labute approximate surface area is 147 Å². The Kier molecular flexibility index (Phi) is 8.44. The molecule has 1 aromatic carbocycles. The monoisotopic (exact) mass is 357 g/mol. The van der Waals surface area contributed by atoms with E-state index < -0.39 is 0 Å². The Bertz CT molecular complexity index is 534. The zero-order chi connectivity index (χ0) is 15.9. The summed E-state index contributed by atoms with van der Waals surface area (Å²) in [6.45, 7) is 4.50. The molecular weight excluding hydrogens is 334 g/mol. The second-order valence-electron chi connectivity index (χ2n) is 5.84. The summed E-state index contributed by atoms with van der Waals surface area (Å²) in [6, 6.07) is 7.48. The first-order valence-corrected chi connectivity index (χ1v) is 8.67. The molecule has 3 N–H and O–H groups in total. The molecule has 1 aromatic rings. The number of amides is 2. The summed E-state index contributed by atoms with van der Waals surface area (Å²) in [7, 11) is 0. The number of carbonyl (C=O) groups is 2. The van der Waals surface area contributed by atoms with Gasteiger partial charge < -0.3 is 10.6 Å². The summed E-state index contributed by atoms with van der Waals surface area (Å²) in [6.07, 6.45) is 0.506. The Balaban J connectivity index is 0.00000264. The van der Waals surface area contributed by atoms with Crippen molar-refractivity contribution in [1.82, 2.24) is 10.6 Å². The smallest absolute Gasteiger partial charge is 0.238 e. The van der Waals surface area contributed by atoms with Crippen molar-refractivity contribution in [2.45, 2.75) is 32.9 Å². The van der Waals surface area contributed by atoms with Crippen LogP contribution in [0.4, 0.5) is 5.69 Å². The zero-order valence-electron chi connectivity index (χ0n) is 13.4. The molecule has 2 amide bonds. The van der Waals surface area contributed by atoms with Crippen LogP contribution in [0, 0.1) is 5.92 Å². The van der Waals surface area contributed by atoms with Crippen LogP contribution in [0.5, 0.6) is 0 Å². The van der Waals surface area contributed by atoms with Gasteiger partial charge in [0.05, 0.1) is 6.04 Å². The molecule has 0 aliphatic carbocycles. The van der Waals surface area contributed by atoms with Crippen LogP contribution in [0.2, 0.25) is 0 Å². The highest BCUT2D eigenvalue weighted by molar-refractivity contribution is 7.99. The number of rotatable bonds is 6. The van der Waals surface area contributed by atoms with Gasteiger partial charge in [0.25, 0.3) is 0 Å². The summed E-state index contributed by atoms with van der Waals surface area (Å²) < 4.78 is 0. The maximum atomic E-state index is 11.9. The number of nitrogens with one attached hydrogen (secondary N) is 3. The molecular formula is C16H24ClN3O2S. The second-order valence-corrected chi connectivity index (χ2v) is 6.87. The van der Waals surface area contributed by atoms with Crippen LogP contribution in [-0.2, 0) is 16.1 Å². The molecule has 0 aromatic heterocycles. The van der Waals surface area contributed by atoms with Crippen LogP contribution in [-0.4, -0.2) is 29.5 Å². The van der Waals surface area contributed by atoms with Gasteiger partial charge >= 0.3 is 0 Å². The molecule has 0 bridgehead atoms. The molecule has 1 unspecified atom stereocenters. The average molecular weight is 358 g/mol. The summed E-state index contributed by atoms with van der Waals surface area (Å²) in [5.74, 6) is 2.02. The molecule has 0 radical (unpaired) electrons. The first-order valence-electron chi connectivity index (χ1n) is 7.52. The topological polar surface area (TPSA) is 70.2 Å². The third-order valence-corrected chi connectivity index (χ3v) is 4.24. The van der Waals surface area contributed by atoms with Crippen LogP contribution in [0.3, 0.4) is 0 Å². The molecule has 5 nitrogen and oxygen atoms in total. The normalized spacial score (nSPS) is 16.7. The molecule has 1 fully saturated rings. The Morgan fingerprint density at radius 3 is 2.83 bits per heavy atom. The largest absolute Gasteiger partial charge is 0.351 e. The Morgan fingerprint density at radius 2 is 2.17 bits per heavy atom. The van der Waals surface area contributed by atoms with E-state index >= 15 is 0 Å². The lowest BCUT2D eigenvalue weighted by Gasteiger charge is -2.12. The third-order valence-electron chi connectivity index (χ3n) is 3.30. The highest BCUT2D eigenvalue weighted by atomic mass is 35.5. The summed E-state index contributed by atoms with van der Waals surface area (Å²) in [5.41, 5.74) is 1.74. The van der Waals surface area contributed by atoms with Gasteiger partial charge in [0, 0.05) is 30.3 Å². The molecule has 1 atom stereocenters. The van der Waals surface area contributed by atoms with E-state index in [0.717, 1.165) is 22.9 Å². The number of hydrogen-bond donors (Lipinski definition) is 3. The van der Waals surface area contributed by atoms with Crippen LogP contribution in [0.15, 0.2) is 24.3 Å². The summed E-state index contributed by atoms with van der Waals surface area (Å²) >= 11 is 1.73. The first kappa shape index (κ1) is 19.8. The van der Waals surface area contributed by atoms with Gasteiger partial charge in [-0.2, -0.15) is 0 Å². The van der Waals surface area contributed by atoms with Crippen molar-refractivity contribution < 1.29 is 9.59 Å². The minimum Gasteiger partial charge on any atom is -0.351 e. The minimum absolute atomic E-state index is 0. The van der Waals surface area contributed by atoms with Gasteiger partial charge in [-0.1, -0.05) is 26.0 Å². The summed E-state index contributed by atoms with van der Waals surface area (Å²) in [5, 5.41) is 8.96. The van der Waals surface area contributed by atoms with E-state index in [1.165, 1.54) is 0 Å². The van der Waals surface area contributed by atoms with E-state index in [1.54, 1.807) is 11.8 Å². The van der Waals surface area contributed by atoms with E-state index in [1.807, 2.05) is 38.1 Å². The number of halogens is 1. The number of thioether (sulfide) groups is 1. The van der Waals surface area contributed by atoms with Crippen molar-refractivity contribution in [3.05, 3.63) is 29.8 Å². The van der Waals surface area contributed by atoms with Gasteiger partial charge in [0.2, 0.25) is 11.8 Å². The standard InChI is InChI=1S/C16H23N3O2S.ClH/c1-11(2)6-15(20)19-13-5-3-4-12(7-13)8-17-16(21)14-9-22-10-18-14;/h3-5,7,11,14,18H,6,8-10H2,1-2H3,(H,17,21)(H,19,20);1H. The molecule has 128 valence electrons. The first-order chi connectivity index (χ1) is 10.5. The van der Waals surface area contributed by atoms with Gasteiger partial charge in [0.1, 0.15) is 0 Å². The van der Waals surface area contributed by atoms with Crippen LogP contribution >= 0.6 is 24.2 Å². The van der Waals surface area contributed by atoms with E-state index in [-0.39, 0.29) is 30.3 Å². The predicted octanol–water partition coefficient (Wildman–Crippen LogP) is 2.37. The SMILES string of the molecule is CC(C)CC(=O)Nc1cccc(CNC(=O)C2CSCN2)c1.Cl. The molecule has 0 spiro atoms. The molecule has 23 heavy (non-hydrogen) atoms. The predicted molar refractivity (Wildman–Crippen MR) is 97.9 cm³/mol. The summed E-state index contributed by atoms with van der Waals surface area (Å²) in [4.78, 5) is 23.7. The highest BCUT2D eigenvalue weighted by Crippen LogP contribution is 2.13. The van der Waals surface area contributed by atoms with Crippen molar-refractivity contribution in [2.75, 3.05) is 16.9 Å². The lowest BCUT2D eigenvalue weighted by molar-refractivity contribution is -0.122. The molecule has 7 heteroatoms. The highest BCUT2D eigenvalue weighted by Gasteiger charge is 2.21. The molecule has 2 rings (SSSR count). The fourth-order valence-electron chi connectivity index (χ4n) is 2.22. The maximum Gasteiger partial charge on any atom is 0.238 e. The van der Waals surface area contributed by atoms with Gasteiger partial charge in [-0.3, -0.25) is 14.9 Å². The number of carbonyl (C=O) groups excluding carboxylic acids is 2.